The predicted octanol–water partition coefficient (Wildman–Crippen LogP) is 5.11. The highest BCUT2D eigenvalue weighted by Gasteiger charge is 2.12. The highest BCUT2D eigenvalue weighted by atomic mass is 35.5. The zero-order chi connectivity index (χ0) is 15.9. The molecule has 0 fully saturated rings. The molecule has 0 aliphatic heterocycles. The molecule has 0 aromatic heterocycles. The quantitative estimate of drug-likeness (QED) is 0.728. The van der Waals surface area contributed by atoms with Crippen molar-refractivity contribution in [2.45, 2.75) is 20.1 Å². The Hall–Kier alpha value is -1.13. The van der Waals surface area contributed by atoms with E-state index in [1.54, 1.807) is 0 Å². The average molecular weight is 377 g/mol. The largest absolute Gasteiger partial charge is 0.490 e. The van der Waals surface area contributed by atoms with Crippen molar-refractivity contribution in [1.29, 1.82) is 0 Å². The van der Waals surface area contributed by atoms with Crippen LogP contribution >= 0.6 is 35.6 Å². The van der Waals surface area contributed by atoms with E-state index >= 15 is 0 Å². The summed E-state index contributed by atoms with van der Waals surface area (Å²) >= 11 is 12.2. The molecule has 2 rings (SSSR count). The van der Waals surface area contributed by atoms with Crippen LogP contribution in [0.1, 0.15) is 18.1 Å². The molecule has 0 heterocycles. The number of hydrogen-bond acceptors (Lipinski definition) is 3. The molecule has 126 valence electrons. The summed E-state index contributed by atoms with van der Waals surface area (Å²) in [7, 11) is 1.89. The molecule has 0 bridgehead atoms. The van der Waals surface area contributed by atoms with Gasteiger partial charge in [0, 0.05) is 11.6 Å². The second-order valence-corrected chi connectivity index (χ2v) is 5.63. The molecule has 0 spiro atoms. The molecule has 2 aromatic rings. The molecule has 23 heavy (non-hydrogen) atoms. The SMILES string of the molecule is CCOc1cc(CNC)cc(Cl)c1OCc1ccc(Cl)cc1.Cl. The summed E-state index contributed by atoms with van der Waals surface area (Å²) < 4.78 is 11.5. The number of halogens is 3. The van der Waals surface area contributed by atoms with Crippen LogP contribution in [-0.4, -0.2) is 13.7 Å². The monoisotopic (exact) mass is 375 g/mol. The van der Waals surface area contributed by atoms with Crippen LogP contribution in [0.2, 0.25) is 10.0 Å². The highest BCUT2D eigenvalue weighted by Crippen LogP contribution is 2.37. The van der Waals surface area contributed by atoms with Crippen LogP contribution in [0.25, 0.3) is 0 Å². The van der Waals surface area contributed by atoms with Crippen molar-refractivity contribution in [3.8, 4) is 11.5 Å². The number of ether oxygens (including phenoxy) is 2. The van der Waals surface area contributed by atoms with Crippen molar-refractivity contribution >= 4 is 35.6 Å². The van der Waals surface area contributed by atoms with Crippen LogP contribution in [0.15, 0.2) is 36.4 Å². The van der Waals surface area contributed by atoms with E-state index in [4.69, 9.17) is 32.7 Å². The Labute approximate surface area is 153 Å². The minimum Gasteiger partial charge on any atom is -0.490 e. The average Bonchev–Trinajstić information content (AvgIpc) is 2.49. The Kier molecular flexibility index (Phi) is 8.56. The third-order valence-electron chi connectivity index (χ3n) is 3.05. The molecule has 0 aliphatic rings. The van der Waals surface area contributed by atoms with Crippen LogP contribution < -0.4 is 14.8 Å². The summed E-state index contributed by atoms with van der Waals surface area (Å²) in [5.41, 5.74) is 2.07. The molecular formula is C17H20Cl3NO2. The van der Waals surface area contributed by atoms with Crippen LogP contribution in [-0.2, 0) is 13.2 Å². The molecule has 2 aromatic carbocycles. The Balaban J connectivity index is 0.00000264. The number of benzene rings is 2. The van der Waals surface area contributed by atoms with Crippen molar-refractivity contribution in [3.63, 3.8) is 0 Å². The minimum absolute atomic E-state index is 0. The highest BCUT2D eigenvalue weighted by molar-refractivity contribution is 6.32. The van der Waals surface area contributed by atoms with Gasteiger partial charge in [-0.2, -0.15) is 0 Å². The van der Waals surface area contributed by atoms with Gasteiger partial charge in [0.2, 0.25) is 0 Å². The minimum atomic E-state index is 0. The third kappa shape index (κ3) is 5.78. The molecule has 1 N–H and O–H groups in total. The summed E-state index contributed by atoms with van der Waals surface area (Å²) in [5.74, 6) is 1.23. The molecule has 0 amide bonds. The van der Waals surface area contributed by atoms with Crippen LogP contribution in [0.3, 0.4) is 0 Å². The van der Waals surface area contributed by atoms with E-state index in [-0.39, 0.29) is 12.4 Å². The van der Waals surface area contributed by atoms with Crippen molar-refractivity contribution in [2.75, 3.05) is 13.7 Å². The topological polar surface area (TPSA) is 30.5 Å². The van der Waals surface area contributed by atoms with Gasteiger partial charge in [-0.25, -0.2) is 0 Å². The van der Waals surface area contributed by atoms with Crippen LogP contribution in [0.4, 0.5) is 0 Å². The molecule has 0 saturated carbocycles. The lowest BCUT2D eigenvalue weighted by atomic mass is 10.2. The van der Waals surface area contributed by atoms with Crippen molar-refractivity contribution < 1.29 is 9.47 Å². The normalized spacial score (nSPS) is 10.1. The van der Waals surface area contributed by atoms with E-state index < -0.39 is 0 Å². The summed E-state index contributed by atoms with van der Waals surface area (Å²) in [5, 5.41) is 4.34. The summed E-state index contributed by atoms with van der Waals surface area (Å²) in [4.78, 5) is 0. The first kappa shape index (κ1) is 19.9. The second-order valence-electron chi connectivity index (χ2n) is 4.78. The van der Waals surface area contributed by atoms with Gasteiger partial charge in [-0.1, -0.05) is 35.3 Å². The lowest BCUT2D eigenvalue weighted by molar-refractivity contribution is 0.269. The molecule has 0 atom stereocenters. The zero-order valence-corrected chi connectivity index (χ0v) is 15.4. The third-order valence-corrected chi connectivity index (χ3v) is 3.58. The Morgan fingerprint density at radius 1 is 1.00 bits per heavy atom. The first-order valence-electron chi connectivity index (χ1n) is 7.11. The molecule has 0 saturated heterocycles. The van der Waals surface area contributed by atoms with Crippen LogP contribution in [0, 0.1) is 0 Å². The van der Waals surface area contributed by atoms with Gasteiger partial charge in [-0.3, -0.25) is 0 Å². The van der Waals surface area contributed by atoms with Crippen molar-refractivity contribution in [1.82, 2.24) is 5.32 Å². The van der Waals surface area contributed by atoms with Crippen molar-refractivity contribution in [3.05, 3.63) is 57.6 Å². The number of rotatable bonds is 7. The lowest BCUT2D eigenvalue weighted by Gasteiger charge is -2.15. The van der Waals surface area contributed by atoms with Crippen LogP contribution in [0.5, 0.6) is 11.5 Å². The molecule has 0 unspecified atom stereocenters. The molecule has 0 aliphatic carbocycles. The molecule has 3 nitrogen and oxygen atoms in total. The standard InChI is InChI=1S/C17H19Cl2NO2.ClH/c1-3-21-16-9-13(10-20-2)8-15(19)17(16)22-11-12-4-6-14(18)7-5-12;/h4-9,20H,3,10-11H2,1-2H3;1H. The summed E-state index contributed by atoms with van der Waals surface area (Å²) in [6, 6.07) is 11.3. The smallest absolute Gasteiger partial charge is 0.180 e. The van der Waals surface area contributed by atoms with Gasteiger partial charge < -0.3 is 14.8 Å². The molecule has 6 heteroatoms. The van der Waals surface area contributed by atoms with E-state index in [9.17, 15) is 0 Å². The fourth-order valence-corrected chi connectivity index (χ4v) is 2.48. The van der Waals surface area contributed by atoms with Gasteiger partial charge in [0.1, 0.15) is 6.61 Å². The van der Waals surface area contributed by atoms with Gasteiger partial charge in [-0.05, 0) is 49.4 Å². The maximum absolute atomic E-state index is 6.34. The molecular weight excluding hydrogens is 357 g/mol. The second kappa shape index (κ2) is 9.89. The van der Waals surface area contributed by atoms with Gasteiger partial charge in [0.05, 0.1) is 11.6 Å². The Morgan fingerprint density at radius 3 is 2.30 bits per heavy atom. The van der Waals surface area contributed by atoms with Gasteiger partial charge in [0.15, 0.2) is 11.5 Å². The van der Waals surface area contributed by atoms with Gasteiger partial charge in [0.25, 0.3) is 0 Å². The number of hydrogen-bond donors (Lipinski definition) is 1. The van der Waals surface area contributed by atoms with E-state index in [0.29, 0.717) is 34.8 Å². The first-order chi connectivity index (χ1) is 10.6. The predicted molar refractivity (Wildman–Crippen MR) is 98.4 cm³/mol. The maximum Gasteiger partial charge on any atom is 0.180 e. The van der Waals surface area contributed by atoms with E-state index in [1.807, 2.05) is 50.4 Å². The first-order valence-corrected chi connectivity index (χ1v) is 7.86. The maximum atomic E-state index is 6.34. The van der Waals surface area contributed by atoms with Gasteiger partial charge >= 0.3 is 0 Å². The lowest BCUT2D eigenvalue weighted by Crippen LogP contribution is -2.07. The summed E-state index contributed by atoms with van der Waals surface area (Å²) in [6.07, 6.45) is 0. The number of nitrogens with one attached hydrogen (secondary N) is 1. The van der Waals surface area contributed by atoms with E-state index in [1.165, 1.54) is 0 Å². The molecule has 0 radical (unpaired) electrons. The van der Waals surface area contributed by atoms with E-state index in [0.717, 1.165) is 17.7 Å². The summed E-state index contributed by atoms with van der Waals surface area (Å²) in [6.45, 7) is 3.61. The fraction of sp³-hybridized carbons (Fsp3) is 0.294. The van der Waals surface area contributed by atoms with Gasteiger partial charge in [-0.15, -0.1) is 12.4 Å². The fourth-order valence-electron chi connectivity index (χ4n) is 2.07. The van der Waals surface area contributed by atoms with Crippen molar-refractivity contribution in [2.24, 2.45) is 0 Å². The van der Waals surface area contributed by atoms with E-state index in [2.05, 4.69) is 5.32 Å². The Bertz CT molecular complexity index is 618. The zero-order valence-electron chi connectivity index (χ0n) is 13.1. The Morgan fingerprint density at radius 2 is 1.70 bits per heavy atom.